The largest absolute Gasteiger partial charge is 0.308 e. The lowest BCUT2D eigenvalue weighted by Gasteiger charge is -2.28. The Hall–Kier alpha value is -10.6. The average molecular weight is 975 g/mol. The van der Waals surface area contributed by atoms with Crippen LogP contribution in [0, 0.1) is 11.3 Å². The number of benzene rings is 13. The van der Waals surface area contributed by atoms with Crippen molar-refractivity contribution < 1.29 is 0 Å². The Bertz CT molecular complexity index is 5070. The van der Waals surface area contributed by atoms with Gasteiger partial charge in [0.2, 0.25) is 0 Å². The molecule has 6 nitrogen and oxygen atoms in total. The Kier molecular flexibility index (Phi) is 7.84. The van der Waals surface area contributed by atoms with Gasteiger partial charge in [-0.1, -0.05) is 164 Å². The lowest BCUT2D eigenvalue weighted by atomic mass is 9.88. The van der Waals surface area contributed by atoms with Crippen LogP contribution in [0.2, 0.25) is 0 Å². The van der Waals surface area contributed by atoms with Crippen LogP contribution in [0.3, 0.4) is 0 Å². The van der Waals surface area contributed by atoms with Gasteiger partial charge in [-0.2, -0.15) is 5.26 Å². The zero-order valence-electron chi connectivity index (χ0n) is 41.1. The van der Waals surface area contributed by atoms with Crippen LogP contribution < -0.4 is 0 Å². The molecule has 0 saturated carbocycles. The Balaban J connectivity index is 1.17. The molecule has 0 unspecified atom stereocenters. The van der Waals surface area contributed by atoms with E-state index in [1.807, 2.05) is 24.7 Å². The molecule has 5 heterocycles. The van der Waals surface area contributed by atoms with Gasteiger partial charge >= 0.3 is 0 Å². The molecule has 0 N–H and O–H groups in total. The van der Waals surface area contributed by atoms with Crippen molar-refractivity contribution in [3.05, 3.63) is 236 Å². The summed E-state index contributed by atoms with van der Waals surface area (Å²) in [5.41, 5.74) is 14.3. The van der Waals surface area contributed by atoms with E-state index in [1.165, 1.54) is 48.5 Å². The van der Waals surface area contributed by atoms with Gasteiger partial charge in [-0.3, -0.25) is 9.97 Å². The maximum Gasteiger partial charge on any atom is 0.104 e. The van der Waals surface area contributed by atoms with E-state index in [-0.39, 0.29) is 0 Å². The molecule has 0 spiro atoms. The fourth-order valence-corrected chi connectivity index (χ4v) is 14.2. The summed E-state index contributed by atoms with van der Waals surface area (Å²) in [5, 5.41) is 32.5. The molecule has 13 aromatic carbocycles. The van der Waals surface area contributed by atoms with Gasteiger partial charge in [0, 0.05) is 78.2 Å². The lowest BCUT2D eigenvalue weighted by molar-refractivity contribution is 1.09. The maximum atomic E-state index is 12.8. The van der Waals surface area contributed by atoms with Crippen molar-refractivity contribution in [1.29, 1.82) is 5.26 Å². The number of nitriles is 1. The number of rotatable bonds is 5. The number of aromatic nitrogens is 5. The van der Waals surface area contributed by atoms with Crippen molar-refractivity contribution in [2.24, 2.45) is 0 Å². The summed E-state index contributed by atoms with van der Waals surface area (Å²) in [6.45, 7) is 0. The van der Waals surface area contributed by atoms with Crippen LogP contribution in [-0.4, -0.2) is 23.7 Å². The second-order valence-electron chi connectivity index (χ2n) is 20.6. The molecule has 5 aromatic heterocycles. The van der Waals surface area contributed by atoms with Crippen LogP contribution in [0.15, 0.2) is 231 Å². The molecule has 18 rings (SSSR count). The molecular formula is C71H38N6. The van der Waals surface area contributed by atoms with Gasteiger partial charge in [0.1, 0.15) is 11.6 Å². The smallest absolute Gasteiger partial charge is 0.104 e. The van der Waals surface area contributed by atoms with E-state index in [0.717, 1.165) is 121 Å². The molecule has 6 heteroatoms. The highest BCUT2D eigenvalue weighted by atomic mass is 15.1. The van der Waals surface area contributed by atoms with Gasteiger partial charge in [-0.25, -0.2) is 0 Å². The fraction of sp³-hybridized carbons (Fsp3) is 0. The number of hydrogen-bond donors (Lipinski definition) is 0. The van der Waals surface area contributed by atoms with E-state index in [2.05, 4.69) is 226 Å². The molecule has 0 saturated heterocycles. The Morgan fingerprint density at radius 2 is 0.662 bits per heavy atom. The molecule has 18 aromatic rings. The highest BCUT2D eigenvalue weighted by molar-refractivity contribution is 6.37. The van der Waals surface area contributed by atoms with Crippen LogP contribution in [0.1, 0.15) is 5.56 Å². The predicted octanol–water partition coefficient (Wildman–Crippen LogP) is 18.2. The summed E-state index contributed by atoms with van der Waals surface area (Å²) in [7, 11) is 0. The molecule has 0 atom stereocenters. The van der Waals surface area contributed by atoms with Crippen LogP contribution in [0.4, 0.5) is 0 Å². The third-order valence-electron chi connectivity index (χ3n) is 17.0. The van der Waals surface area contributed by atoms with Crippen LogP contribution >= 0.6 is 0 Å². The Morgan fingerprint density at radius 3 is 1.13 bits per heavy atom. The number of pyridine rings is 2. The first kappa shape index (κ1) is 40.8. The van der Waals surface area contributed by atoms with Gasteiger partial charge in [-0.05, 0) is 103 Å². The summed E-state index contributed by atoms with van der Waals surface area (Å²) in [6, 6.07) is 80.1. The zero-order valence-corrected chi connectivity index (χ0v) is 41.1. The minimum Gasteiger partial charge on any atom is -0.308 e. The second-order valence-corrected chi connectivity index (χ2v) is 20.6. The second kappa shape index (κ2) is 14.8. The fourth-order valence-electron chi connectivity index (χ4n) is 14.2. The third kappa shape index (κ3) is 5.04. The zero-order chi connectivity index (χ0) is 50.2. The lowest BCUT2D eigenvalue weighted by Crippen LogP contribution is -2.13. The first-order valence-electron chi connectivity index (χ1n) is 26.2. The van der Waals surface area contributed by atoms with Crippen LogP contribution in [0.5, 0.6) is 0 Å². The van der Waals surface area contributed by atoms with E-state index >= 15 is 0 Å². The molecular weight excluding hydrogens is 937 g/mol. The first-order valence-corrected chi connectivity index (χ1v) is 26.2. The average Bonchev–Trinajstić information content (AvgIpc) is 4.32. The predicted molar refractivity (Wildman–Crippen MR) is 319 cm³/mol. The van der Waals surface area contributed by atoms with Gasteiger partial charge in [0.05, 0.1) is 55.7 Å². The molecule has 77 heavy (non-hydrogen) atoms. The maximum absolute atomic E-state index is 12.8. The number of hydrogen-bond acceptors (Lipinski definition) is 3. The topological polar surface area (TPSA) is 64.4 Å². The SMILES string of the molecule is N#Cc1c(-n2c3cccc4c5ccccc5c5cccc2c5c43)c(-c2ccccc2)c(-n2c3cccc4c5ccncc5c5cccc2c5c43)c(-c2ccccc2)c1-n1c2cccc3c4cccnc4c4cccc1c4c32. The molecule has 0 radical (unpaired) electrons. The molecule has 352 valence electrons. The highest BCUT2D eigenvalue weighted by Gasteiger charge is 2.35. The molecule has 0 aliphatic heterocycles. The van der Waals surface area contributed by atoms with Crippen LogP contribution in [-0.2, 0) is 0 Å². The summed E-state index contributed by atoms with van der Waals surface area (Å²) >= 11 is 0. The minimum atomic E-state index is 0.562. The van der Waals surface area contributed by atoms with Gasteiger partial charge in [0.25, 0.3) is 0 Å². The standard InChI is InChI=1S/C71H38N6/c72-38-52-69(75-54-29-9-22-45-42-20-7-8-21-43(42)46-23-10-30-55(75)63(46)62(45)54)60(40-16-3-1-4-17-40)71(77-57-32-11-24-47-44-35-37-73-39-53(44)49-26-13-33-58(77)66(49)64(47)57)61(41-18-5-2-6-19-41)70(52)76-56-31-12-25-48-50-28-15-36-74-68(50)51-27-14-34-59(76)67(51)65(48)56/h1-37,39H. The van der Waals surface area contributed by atoms with E-state index in [1.54, 1.807) is 0 Å². The minimum absolute atomic E-state index is 0.562. The summed E-state index contributed by atoms with van der Waals surface area (Å²) in [5.74, 6) is 0. The van der Waals surface area contributed by atoms with Gasteiger partial charge < -0.3 is 13.7 Å². The molecule has 0 aliphatic carbocycles. The Labute approximate surface area is 438 Å². The summed E-state index contributed by atoms with van der Waals surface area (Å²) in [4.78, 5) is 9.77. The van der Waals surface area contributed by atoms with Crippen molar-refractivity contribution >= 4 is 130 Å². The first-order chi connectivity index (χ1) is 38.3. The highest BCUT2D eigenvalue weighted by Crippen LogP contribution is 2.55. The van der Waals surface area contributed by atoms with Crippen LogP contribution in [0.25, 0.3) is 169 Å². The number of nitrogens with zero attached hydrogens (tertiary/aromatic N) is 6. The number of fused-ring (bicyclic) bond motifs is 9. The third-order valence-corrected chi connectivity index (χ3v) is 17.0. The van der Waals surface area contributed by atoms with E-state index in [4.69, 9.17) is 9.97 Å². The normalized spacial score (nSPS) is 12.4. The van der Waals surface area contributed by atoms with E-state index in [0.29, 0.717) is 5.56 Å². The van der Waals surface area contributed by atoms with E-state index in [9.17, 15) is 5.26 Å². The molecule has 0 bridgehead atoms. The monoisotopic (exact) mass is 974 g/mol. The molecule has 0 fully saturated rings. The van der Waals surface area contributed by atoms with Crippen molar-refractivity contribution in [1.82, 2.24) is 23.7 Å². The molecule has 0 aliphatic rings. The van der Waals surface area contributed by atoms with Crippen molar-refractivity contribution in [3.8, 4) is 45.4 Å². The van der Waals surface area contributed by atoms with Gasteiger partial charge in [-0.15, -0.1) is 0 Å². The summed E-state index contributed by atoms with van der Waals surface area (Å²) in [6.07, 6.45) is 5.83. The Morgan fingerprint density at radius 1 is 0.299 bits per heavy atom. The van der Waals surface area contributed by atoms with Crippen molar-refractivity contribution in [2.45, 2.75) is 0 Å². The van der Waals surface area contributed by atoms with Crippen molar-refractivity contribution in [3.63, 3.8) is 0 Å². The summed E-state index contributed by atoms with van der Waals surface area (Å²) < 4.78 is 7.41. The van der Waals surface area contributed by atoms with Crippen molar-refractivity contribution in [2.75, 3.05) is 0 Å². The van der Waals surface area contributed by atoms with E-state index < -0.39 is 0 Å². The van der Waals surface area contributed by atoms with Gasteiger partial charge in [0.15, 0.2) is 0 Å². The molecule has 0 amide bonds. The quantitative estimate of drug-likeness (QED) is 0.161.